The molecule has 0 fully saturated rings. The Morgan fingerprint density at radius 1 is 1.17 bits per heavy atom. The predicted octanol–water partition coefficient (Wildman–Crippen LogP) is 5.47. The lowest BCUT2D eigenvalue weighted by Gasteiger charge is -2.26. The van der Waals surface area contributed by atoms with Gasteiger partial charge in [-0.25, -0.2) is 9.78 Å². The van der Waals surface area contributed by atoms with Crippen LogP contribution >= 0.6 is 22.9 Å². The van der Waals surface area contributed by atoms with E-state index >= 15 is 0 Å². The monoisotopic (exact) mass is 429 g/mol. The number of ether oxygens (including phenoxy) is 1. The summed E-state index contributed by atoms with van der Waals surface area (Å²) < 4.78 is 5.20. The van der Waals surface area contributed by atoms with Crippen LogP contribution in [0.2, 0.25) is 5.15 Å². The topological polar surface area (TPSA) is 94.3 Å². The fourth-order valence-electron chi connectivity index (χ4n) is 2.93. The molecule has 29 heavy (non-hydrogen) atoms. The average molecular weight is 430 g/mol. The molecule has 6 nitrogen and oxygen atoms in total. The molecule has 0 saturated carbocycles. The molecule has 150 valence electrons. The number of nitrogens with zero attached hydrogens (tertiary/aromatic N) is 1. The first-order chi connectivity index (χ1) is 13.7. The van der Waals surface area contributed by atoms with Crippen molar-refractivity contribution in [3.8, 4) is 16.9 Å². The first-order valence-electron chi connectivity index (χ1n) is 8.77. The minimum atomic E-state index is -0.964. The number of primary amides is 1. The summed E-state index contributed by atoms with van der Waals surface area (Å²) in [6, 6.07) is 8.56. The number of halogens is 1. The first kappa shape index (κ1) is 20.8. The van der Waals surface area contributed by atoms with Gasteiger partial charge in [0.05, 0.1) is 11.3 Å². The second-order valence-corrected chi connectivity index (χ2v) is 8.54. The zero-order valence-electron chi connectivity index (χ0n) is 16.2. The Labute approximate surface area is 177 Å². The van der Waals surface area contributed by atoms with Crippen LogP contribution in [0.4, 0.5) is 10.5 Å². The van der Waals surface area contributed by atoms with Crippen molar-refractivity contribution in [2.75, 3.05) is 5.32 Å². The van der Waals surface area contributed by atoms with Gasteiger partial charge in [0, 0.05) is 11.8 Å². The Balaban J connectivity index is 2.19. The van der Waals surface area contributed by atoms with Gasteiger partial charge in [-0.05, 0) is 51.6 Å². The maximum absolute atomic E-state index is 12.9. The summed E-state index contributed by atoms with van der Waals surface area (Å²) in [6.45, 7) is 6.21. The lowest BCUT2D eigenvalue weighted by Crippen LogP contribution is -2.21. The van der Waals surface area contributed by atoms with Crippen molar-refractivity contribution < 1.29 is 14.3 Å². The van der Waals surface area contributed by atoms with Gasteiger partial charge >= 0.3 is 6.09 Å². The number of carbonyl (C=O) groups is 2. The van der Waals surface area contributed by atoms with Gasteiger partial charge in [-0.1, -0.05) is 38.4 Å². The molecule has 2 heterocycles. The van der Waals surface area contributed by atoms with Crippen LogP contribution < -0.4 is 15.8 Å². The highest BCUT2D eigenvalue weighted by molar-refractivity contribution is 7.08. The summed E-state index contributed by atoms with van der Waals surface area (Å²) in [5, 5.41) is 7.07. The smallest absolute Gasteiger partial charge is 0.408 e. The van der Waals surface area contributed by atoms with Crippen LogP contribution in [0.25, 0.3) is 11.1 Å². The molecule has 1 aromatic carbocycles. The summed E-state index contributed by atoms with van der Waals surface area (Å²) in [5.41, 5.74) is 8.36. The van der Waals surface area contributed by atoms with Crippen LogP contribution in [0.1, 0.15) is 36.7 Å². The third-order valence-corrected chi connectivity index (χ3v) is 5.13. The van der Waals surface area contributed by atoms with Crippen molar-refractivity contribution in [3.63, 3.8) is 0 Å². The molecule has 0 aliphatic carbocycles. The minimum absolute atomic E-state index is 0.168. The van der Waals surface area contributed by atoms with E-state index in [1.54, 1.807) is 12.1 Å². The maximum Gasteiger partial charge on any atom is 0.410 e. The Kier molecular flexibility index (Phi) is 5.91. The lowest BCUT2D eigenvalue weighted by molar-refractivity contribution is 0.102. The van der Waals surface area contributed by atoms with Crippen molar-refractivity contribution >= 4 is 40.6 Å². The quantitative estimate of drug-likeness (QED) is 0.537. The molecule has 0 spiro atoms. The van der Waals surface area contributed by atoms with E-state index in [1.165, 1.54) is 23.6 Å². The van der Waals surface area contributed by atoms with Gasteiger partial charge in [0.25, 0.3) is 5.91 Å². The molecule has 0 saturated heterocycles. The Morgan fingerprint density at radius 2 is 1.93 bits per heavy atom. The summed E-state index contributed by atoms with van der Waals surface area (Å²) in [7, 11) is 0. The number of nitrogens with one attached hydrogen (secondary N) is 1. The molecule has 0 bridgehead atoms. The van der Waals surface area contributed by atoms with Crippen LogP contribution in [-0.2, 0) is 5.41 Å². The van der Waals surface area contributed by atoms with Crippen molar-refractivity contribution in [1.29, 1.82) is 0 Å². The van der Waals surface area contributed by atoms with Crippen LogP contribution in [0.15, 0.2) is 47.3 Å². The average Bonchev–Trinajstić information content (AvgIpc) is 3.16. The summed E-state index contributed by atoms with van der Waals surface area (Å²) >= 11 is 7.34. The lowest BCUT2D eigenvalue weighted by atomic mass is 9.81. The van der Waals surface area contributed by atoms with E-state index in [2.05, 4.69) is 31.1 Å². The van der Waals surface area contributed by atoms with Crippen molar-refractivity contribution in [3.05, 3.63) is 63.6 Å². The summed E-state index contributed by atoms with van der Waals surface area (Å²) in [5.74, 6) is -0.243. The van der Waals surface area contributed by atoms with E-state index in [4.69, 9.17) is 22.1 Å². The summed E-state index contributed by atoms with van der Waals surface area (Å²) in [4.78, 5) is 28.3. The van der Waals surface area contributed by atoms with Crippen molar-refractivity contribution in [1.82, 2.24) is 4.98 Å². The minimum Gasteiger partial charge on any atom is -0.408 e. The number of rotatable bonds is 4. The highest BCUT2D eigenvalue weighted by Gasteiger charge is 2.26. The molecule has 2 aromatic heterocycles. The van der Waals surface area contributed by atoms with Gasteiger partial charge in [0.1, 0.15) is 5.15 Å². The molecule has 0 radical (unpaired) electrons. The Bertz CT molecular complexity index is 1040. The number of nitrogens with two attached hydrogens (primary N) is 1. The van der Waals surface area contributed by atoms with Gasteiger partial charge in [-0.2, -0.15) is 11.3 Å². The van der Waals surface area contributed by atoms with Crippen molar-refractivity contribution in [2.45, 2.75) is 26.2 Å². The Hall–Kier alpha value is -2.90. The van der Waals surface area contributed by atoms with E-state index in [1.807, 2.05) is 22.9 Å². The van der Waals surface area contributed by atoms with E-state index < -0.39 is 12.0 Å². The third kappa shape index (κ3) is 4.75. The molecule has 8 heteroatoms. The largest absolute Gasteiger partial charge is 0.410 e. The van der Waals surface area contributed by atoms with E-state index in [9.17, 15) is 9.59 Å². The van der Waals surface area contributed by atoms with Crippen LogP contribution in [0.3, 0.4) is 0 Å². The predicted molar refractivity (Wildman–Crippen MR) is 116 cm³/mol. The van der Waals surface area contributed by atoms with E-state index in [-0.39, 0.29) is 16.3 Å². The molecule has 2 amide bonds. The van der Waals surface area contributed by atoms with E-state index in [0.717, 1.165) is 16.7 Å². The second kappa shape index (κ2) is 8.23. The molecule has 3 aromatic rings. The van der Waals surface area contributed by atoms with Gasteiger partial charge in [0.2, 0.25) is 0 Å². The van der Waals surface area contributed by atoms with Crippen molar-refractivity contribution in [2.24, 2.45) is 5.73 Å². The van der Waals surface area contributed by atoms with Gasteiger partial charge in [-0.15, -0.1) is 0 Å². The van der Waals surface area contributed by atoms with Crippen LogP contribution in [0, 0.1) is 0 Å². The number of benzene rings is 1. The number of aromatic nitrogens is 1. The molecule has 3 rings (SSSR count). The number of hydrogen-bond acceptors (Lipinski definition) is 5. The molecular weight excluding hydrogens is 410 g/mol. The molecule has 0 atom stereocenters. The van der Waals surface area contributed by atoms with E-state index in [0.29, 0.717) is 11.3 Å². The van der Waals surface area contributed by atoms with Crippen LogP contribution in [-0.4, -0.2) is 17.0 Å². The molecule has 0 aliphatic heterocycles. The normalized spacial score (nSPS) is 11.2. The number of anilines is 1. The van der Waals surface area contributed by atoms with Gasteiger partial charge in [0.15, 0.2) is 5.75 Å². The second-order valence-electron chi connectivity index (χ2n) is 7.37. The van der Waals surface area contributed by atoms with Crippen LogP contribution in [0.5, 0.6) is 5.75 Å². The Morgan fingerprint density at radius 3 is 2.48 bits per heavy atom. The molecular formula is C21H20ClN3O3S. The number of carbonyl (C=O) groups excluding carboxylic acids is 2. The zero-order valence-corrected chi connectivity index (χ0v) is 17.7. The third-order valence-electron chi connectivity index (χ3n) is 4.22. The standard InChI is InChI=1S/C21H20ClN3O3S/c1-21(2,3)14-5-6-15(28-20(23)27)18(17(14)13-8-9-29-11-13)25-19(26)12-4-7-16(22)24-10-12/h4-11H,1-3H3,(H2,23,27)(H,25,26). The maximum atomic E-state index is 12.9. The molecule has 0 aliphatic rings. The fraction of sp³-hybridized carbons (Fsp3) is 0.190. The highest BCUT2D eigenvalue weighted by atomic mass is 35.5. The summed E-state index contributed by atoms with van der Waals surface area (Å²) in [6.07, 6.45) is 0.415. The highest BCUT2D eigenvalue weighted by Crippen LogP contribution is 2.44. The molecule has 3 N–H and O–H groups in total. The number of pyridine rings is 1. The fourth-order valence-corrected chi connectivity index (χ4v) is 3.69. The van der Waals surface area contributed by atoms with Gasteiger partial charge in [-0.3, -0.25) is 4.79 Å². The SMILES string of the molecule is CC(C)(C)c1ccc(OC(N)=O)c(NC(=O)c2ccc(Cl)nc2)c1-c1ccsc1. The first-order valence-corrected chi connectivity index (χ1v) is 10.1. The zero-order chi connectivity index (χ0) is 21.2. The number of amides is 2. The molecule has 0 unspecified atom stereocenters. The number of hydrogen-bond donors (Lipinski definition) is 2. The number of thiophene rings is 1. The van der Waals surface area contributed by atoms with Gasteiger partial charge < -0.3 is 15.8 Å².